The molecule has 2 fully saturated rings. The van der Waals surface area contributed by atoms with Crippen molar-refractivity contribution in [2.24, 2.45) is 0 Å². The molecule has 0 bridgehead atoms. The second kappa shape index (κ2) is 5.09. The van der Waals surface area contributed by atoms with E-state index in [1.807, 2.05) is 0 Å². The van der Waals surface area contributed by atoms with Crippen molar-refractivity contribution in [1.29, 1.82) is 0 Å². The molecule has 0 aliphatic carbocycles. The van der Waals surface area contributed by atoms with Crippen LogP contribution in [-0.4, -0.2) is 46.1 Å². The number of carboxylic acid groups (broad SMARTS) is 1. The van der Waals surface area contributed by atoms with E-state index in [0.29, 0.717) is 22.4 Å². The minimum Gasteiger partial charge on any atom is -0.478 e. The number of pyridine rings is 1. The van der Waals surface area contributed by atoms with Crippen LogP contribution in [0, 0.1) is 0 Å². The Kier molecular flexibility index (Phi) is 3.45. The summed E-state index contributed by atoms with van der Waals surface area (Å²) in [6.45, 7) is 2.27. The van der Waals surface area contributed by atoms with Crippen molar-refractivity contribution in [2.75, 3.05) is 18.4 Å². The number of nitrogens with one attached hydrogen (secondary N) is 1. The zero-order valence-electron chi connectivity index (χ0n) is 10.5. The van der Waals surface area contributed by atoms with Gasteiger partial charge < -0.3 is 10.4 Å². The lowest BCUT2D eigenvalue weighted by atomic mass is 10.1. The standard InChI is InChI=1S/C13H16BrN3O2/c14-8-6-9(13(18)19)12(15-7-8)16-10-3-5-17-4-1-2-11(10)17/h6-7,10-11H,1-5H2,(H,15,16)(H,18,19). The van der Waals surface area contributed by atoms with E-state index in [0.717, 1.165) is 13.0 Å². The van der Waals surface area contributed by atoms with E-state index in [2.05, 4.69) is 31.1 Å². The Labute approximate surface area is 120 Å². The number of nitrogens with zero attached hydrogens (tertiary/aromatic N) is 2. The van der Waals surface area contributed by atoms with Gasteiger partial charge in [0.2, 0.25) is 0 Å². The first-order valence-electron chi connectivity index (χ1n) is 6.54. The molecular formula is C13H16BrN3O2. The predicted octanol–water partition coefficient (Wildman–Crippen LogP) is 2.19. The summed E-state index contributed by atoms with van der Waals surface area (Å²) in [6, 6.07) is 2.44. The molecule has 19 heavy (non-hydrogen) atoms. The highest BCUT2D eigenvalue weighted by Gasteiger charge is 2.37. The molecule has 102 valence electrons. The van der Waals surface area contributed by atoms with Crippen LogP contribution in [-0.2, 0) is 0 Å². The molecule has 2 aliphatic heterocycles. The average molecular weight is 326 g/mol. The fourth-order valence-corrected chi connectivity index (χ4v) is 3.48. The van der Waals surface area contributed by atoms with Crippen molar-refractivity contribution in [3.63, 3.8) is 0 Å². The summed E-state index contributed by atoms with van der Waals surface area (Å²) in [5.41, 5.74) is 0.228. The second-order valence-electron chi connectivity index (χ2n) is 5.14. The highest BCUT2D eigenvalue weighted by atomic mass is 79.9. The number of hydrogen-bond donors (Lipinski definition) is 2. The van der Waals surface area contributed by atoms with Gasteiger partial charge in [-0.05, 0) is 47.8 Å². The maximum absolute atomic E-state index is 11.3. The molecule has 3 rings (SSSR count). The fourth-order valence-electron chi connectivity index (χ4n) is 3.14. The molecule has 6 heteroatoms. The molecule has 2 aliphatic rings. The van der Waals surface area contributed by atoms with Crippen LogP contribution >= 0.6 is 15.9 Å². The van der Waals surface area contributed by atoms with Crippen LogP contribution in [0.3, 0.4) is 0 Å². The maximum Gasteiger partial charge on any atom is 0.339 e. The molecule has 0 saturated carbocycles. The number of rotatable bonds is 3. The van der Waals surface area contributed by atoms with Crippen molar-refractivity contribution in [3.05, 3.63) is 22.3 Å². The predicted molar refractivity (Wildman–Crippen MR) is 75.5 cm³/mol. The van der Waals surface area contributed by atoms with Crippen molar-refractivity contribution in [3.8, 4) is 0 Å². The molecule has 5 nitrogen and oxygen atoms in total. The SMILES string of the molecule is O=C(O)c1cc(Br)cnc1NC1CCN2CCCC12. The quantitative estimate of drug-likeness (QED) is 0.891. The third kappa shape index (κ3) is 2.47. The Bertz CT molecular complexity index is 509. The van der Waals surface area contributed by atoms with Crippen LogP contribution in [0.25, 0.3) is 0 Å². The highest BCUT2D eigenvalue weighted by Crippen LogP contribution is 2.30. The Morgan fingerprint density at radius 1 is 1.47 bits per heavy atom. The molecule has 1 aromatic rings. The molecule has 2 saturated heterocycles. The van der Waals surface area contributed by atoms with Crippen LogP contribution in [0.15, 0.2) is 16.7 Å². The molecule has 0 radical (unpaired) electrons. The summed E-state index contributed by atoms with van der Waals surface area (Å²) in [4.78, 5) is 18.0. The van der Waals surface area contributed by atoms with Gasteiger partial charge in [0.05, 0.1) is 0 Å². The van der Waals surface area contributed by atoms with Gasteiger partial charge in [0.1, 0.15) is 11.4 Å². The minimum atomic E-state index is -0.947. The number of fused-ring (bicyclic) bond motifs is 1. The van der Waals surface area contributed by atoms with Crippen molar-refractivity contribution >= 4 is 27.7 Å². The maximum atomic E-state index is 11.3. The number of hydrogen-bond acceptors (Lipinski definition) is 4. The van der Waals surface area contributed by atoms with E-state index in [1.165, 1.54) is 19.4 Å². The van der Waals surface area contributed by atoms with E-state index in [4.69, 9.17) is 0 Å². The summed E-state index contributed by atoms with van der Waals surface area (Å²) >= 11 is 3.26. The van der Waals surface area contributed by atoms with Crippen LogP contribution < -0.4 is 5.32 Å². The van der Waals surface area contributed by atoms with E-state index >= 15 is 0 Å². The van der Waals surface area contributed by atoms with Gasteiger partial charge in [-0.1, -0.05) is 0 Å². The summed E-state index contributed by atoms with van der Waals surface area (Å²) in [5, 5.41) is 12.6. The Morgan fingerprint density at radius 3 is 3.11 bits per heavy atom. The number of anilines is 1. The van der Waals surface area contributed by atoms with Gasteiger partial charge in [-0.25, -0.2) is 9.78 Å². The highest BCUT2D eigenvalue weighted by molar-refractivity contribution is 9.10. The smallest absolute Gasteiger partial charge is 0.339 e. The second-order valence-corrected chi connectivity index (χ2v) is 6.06. The first-order chi connectivity index (χ1) is 9.15. The monoisotopic (exact) mass is 325 g/mol. The van der Waals surface area contributed by atoms with Crippen LogP contribution in [0.2, 0.25) is 0 Å². The number of halogens is 1. The first kappa shape index (κ1) is 12.9. The van der Waals surface area contributed by atoms with Crippen molar-refractivity contribution < 1.29 is 9.90 Å². The fraction of sp³-hybridized carbons (Fsp3) is 0.538. The third-order valence-electron chi connectivity index (χ3n) is 4.01. The Balaban J connectivity index is 1.81. The van der Waals surface area contributed by atoms with Crippen LogP contribution in [0.1, 0.15) is 29.6 Å². The number of carboxylic acids is 1. The first-order valence-corrected chi connectivity index (χ1v) is 7.34. The Morgan fingerprint density at radius 2 is 2.32 bits per heavy atom. The van der Waals surface area contributed by atoms with E-state index in [9.17, 15) is 9.90 Å². The summed E-state index contributed by atoms with van der Waals surface area (Å²) in [5.74, 6) is -0.466. The topological polar surface area (TPSA) is 65.5 Å². The normalized spacial score (nSPS) is 26.4. The Hall–Kier alpha value is -1.14. The van der Waals surface area contributed by atoms with Gasteiger partial charge in [0.25, 0.3) is 0 Å². The molecule has 3 heterocycles. The third-order valence-corrected chi connectivity index (χ3v) is 4.45. The van der Waals surface area contributed by atoms with Crippen LogP contribution in [0.5, 0.6) is 0 Å². The number of aromatic carboxylic acids is 1. The van der Waals surface area contributed by atoms with Gasteiger partial charge >= 0.3 is 5.97 Å². The summed E-state index contributed by atoms with van der Waals surface area (Å²) < 4.78 is 0.685. The van der Waals surface area contributed by atoms with E-state index < -0.39 is 5.97 Å². The van der Waals surface area contributed by atoms with Gasteiger partial charge in [-0.2, -0.15) is 0 Å². The number of carbonyl (C=O) groups is 1. The van der Waals surface area contributed by atoms with E-state index in [-0.39, 0.29) is 5.56 Å². The molecule has 2 unspecified atom stereocenters. The van der Waals surface area contributed by atoms with Gasteiger partial charge in [-0.3, -0.25) is 4.90 Å². The van der Waals surface area contributed by atoms with Crippen molar-refractivity contribution in [1.82, 2.24) is 9.88 Å². The molecule has 2 N–H and O–H groups in total. The average Bonchev–Trinajstić information content (AvgIpc) is 2.96. The van der Waals surface area contributed by atoms with Crippen molar-refractivity contribution in [2.45, 2.75) is 31.3 Å². The van der Waals surface area contributed by atoms with Gasteiger partial charge in [0, 0.05) is 29.3 Å². The molecule has 0 aromatic carbocycles. The lowest BCUT2D eigenvalue weighted by Crippen LogP contribution is -2.34. The van der Waals surface area contributed by atoms with Gasteiger partial charge in [0.15, 0.2) is 0 Å². The van der Waals surface area contributed by atoms with Gasteiger partial charge in [-0.15, -0.1) is 0 Å². The molecule has 0 spiro atoms. The lowest BCUT2D eigenvalue weighted by molar-refractivity contribution is 0.0697. The molecule has 0 amide bonds. The number of aromatic nitrogens is 1. The van der Waals surface area contributed by atoms with E-state index in [1.54, 1.807) is 12.3 Å². The molecular weight excluding hydrogens is 310 g/mol. The summed E-state index contributed by atoms with van der Waals surface area (Å²) in [6.07, 6.45) is 5.12. The molecule has 2 atom stereocenters. The zero-order valence-corrected chi connectivity index (χ0v) is 12.1. The summed E-state index contributed by atoms with van der Waals surface area (Å²) in [7, 11) is 0. The lowest BCUT2D eigenvalue weighted by Gasteiger charge is -2.22. The minimum absolute atomic E-state index is 0.228. The zero-order chi connectivity index (χ0) is 13.4. The largest absolute Gasteiger partial charge is 0.478 e. The van der Waals surface area contributed by atoms with Crippen LogP contribution in [0.4, 0.5) is 5.82 Å². The molecule has 1 aromatic heterocycles.